The predicted octanol–water partition coefficient (Wildman–Crippen LogP) is 0.869. The Morgan fingerprint density at radius 1 is 1.50 bits per heavy atom. The first-order valence-electron chi connectivity index (χ1n) is 5.29. The minimum absolute atomic E-state index is 0.0202. The van der Waals surface area contributed by atoms with Crippen LogP contribution in [0.3, 0.4) is 0 Å². The standard InChI is InChI=1S/C10H18N2O3S/c1-3-12-16(13,14)8-6-11-9(2)10-5-4-7-15-10/h4-5,7,9,11-12H,3,6,8H2,1-2H3. The van der Waals surface area contributed by atoms with Crippen molar-refractivity contribution in [2.24, 2.45) is 0 Å². The molecule has 0 bridgehead atoms. The van der Waals surface area contributed by atoms with E-state index in [1.54, 1.807) is 13.2 Å². The van der Waals surface area contributed by atoms with Crippen LogP contribution in [0.5, 0.6) is 0 Å². The largest absolute Gasteiger partial charge is 0.468 e. The topological polar surface area (TPSA) is 71.3 Å². The average molecular weight is 246 g/mol. The highest BCUT2D eigenvalue weighted by molar-refractivity contribution is 7.89. The number of hydrogen-bond acceptors (Lipinski definition) is 4. The quantitative estimate of drug-likeness (QED) is 0.749. The van der Waals surface area contributed by atoms with E-state index in [0.717, 1.165) is 5.76 Å². The van der Waals surface area contributed by atoms with Crippen LogP contribution < -0.4 is 10.0 Å². The van der Waals surface area contributed by atoms with Crippen LogP contribution in [0.25, 0.3) is 0 Å². The van der Waals surface area contributed by atoms with Crippen LogP contribution in [0.15, 0.2) is 22.8 Å². The molecule has 0 aliphatic rings. The first-order chi connectivity index (χ1) is 7.55. The molecule has 2 N–H and O–H groups in total. The lowest BCUT2D eigenvalue weighted by Crippen LogP contribution is -2.32. The Morgan fingerprint density at radius 3 is 2.81 bits per heavy atom. The molecule has 1 aromatic heterocycles. The summed E-state index contributed by atoms with van der Waals surface area (Å²) in [6.45, 7) is 4.52. The fourth-order valence-electron chi connectivity index (χ4n) is 1.34. The summed E-state index contributed by atoms with van der Waals surface area (Å²) in [6, 6.07) is 3.69. The number of hydrogen-bond donors (Lipinski definition) is 2. The number of nitrogens with one attached hydrogen (secondary N) is 2. The molecule has 92 valence electrons. The first kappa shape index (κ1) is 13.2. The Labute approximate surface area is 96.3 Å². The van der Waals surface area contributed by atoms with Gasteiger partial charge in [0, 0.05) is 13.1 Å². The minimum Gasteiger partial charge on any atom is -0.468 e. The van der Waals surface area contributed by atoms with E-state index < -0.39 is 10.0 Å². The van der Waals surface area contributed by atoms with Gasteiger partial charge in [-0.3, -0.25) is 0 Å². The second-order valence-corrected chi connectivity index (χ2v) is 5.43. The van der Waals surface area contributed by atoms with Crippen LogP contribution >= 0.6 is 0 Å². The van der Waals surface area contributed by atoms with E-state index in [1.807, 2.05) is 19.1 Å². The predicted molar refractivity (Wildman–Crippen MR) is 62.6 cm³/mol. The Balaban J connectivity index is 2.31. The van der Waals surface area contributed by atoms with Gasteiger partial charge in [0.25, 0.3) is 0 Å². The number of sulfonamides is 1. The summed E-state index contributed by atoms with van der Waals surface area (Å²) in [4.78, 5) is 0. The van der Waals surface area contributed by atoms with Crippen molar-refractivity contribution in [3.8, 4) is 0 Å². The van der Waals surface area contributed by atoms with Gasteiger partial charge in [0.2, 0.25) is 10.0 Å². The van der Waals surface area contributed by atoms with Crippen LogP contribution in [-0.2, 0) is 10.0 Å². The van der Waals surface area contributed by atoms with Gasteiger partial charge in [-0.1, -0.05) is 6.92 Å². The number of rotatable bonds is 7. The highest BCUT2D eigenvalue weighted by Gasteiger charge is 2.11. The van der Waals surface area contributed by atoms with Crippen molar-refractivity contribution < 1.29 is 12.8 Å². The van der Waals surface area contributed by atoms with E-state index in [9.17, 15) is 8.42 Å². The molecule has 1 rings (SSSR count). The fourth-order valence-corrected chi connectivity index (χ4v) is 2.31. The molecule has 1 heterocycles. The third-order valence-corrected chi connectivity index (χ3v) is 3.63. The summed E-state index contributed by atoms with van der Waals surface area (Å²) in [7, 11) is -3.14. The molecule has 5 nitrogen and oxygen atoms in total. The second-order valence-electron chi connectivity index (χ2n) is 3.51. The van der Waals surface area contributed by atoms with Gasteiger partial charge in [0.1, 0.15) is 5.76 Å². The molecule has 0 spiro atoms. The maximum atomic E-state index is 11.3. The monoisotopic (exact) mass is 246 g/mol. The Bertz CT molecular complexity index is 386. The maximum absolute atomic E-state index is 11.3. The lowest BCUT2D eigenvalue weighted by molar-refractivity contribution is 0.436. The zero-order valence-electron chi connectivity index (χ0n) is 9.56. The number of furan rings is 1. The molecule has 1 aromatic rings. The van der Waals surface area contributed by atoms with Crippen LogP contribution in [0.4, 0.5) is 0 Å². The SMILES string of the molecule is CCNS(=O)(=O)CCNC(C)c1ccco1. The molecule has 6 heteroatoms. The summed E-state index contributed by atoms with van der Waals surface area (Å²) < 4.78 is 30.3. The van der Waals surface area contributed by atoms with Gasteiger partial charge in [0.05, 0.1) is 18.1 Å². The summed E-state index contributed by atoms with van der Waals surface area (Å²) in [5.41, 5.74) is 0. The molecule has 0 radical (unpaired) electrons. The smallest absolute Gasteiger partial charge is 0.212 e. The lowest BCUT2D eigenvalue weighted by Gasteiger charge is -2.11. The van der Waals surface area contributed by atoms with Crippen molar-refractivity contribution in [2.45, 2.75) is 19.9 Å². The summed E-state index contributed by atoms with van der Waals surface area (Å²) in [6.07, 6.45) is 1.60. The molecule has 16 heavy (non-hydrogen) atoms. The molecule has 0 aromatic carbocycles. The molecule has 1 unspecified atom stereocenters. The van der Waals surface area contributed by atoms with Crippen molar-refractivity contribution in [2.75, 3.05) is 18.8 Å². The molecule has 0 fully saturated rings. The molecule has 0 saturated carbocycles. The van der Waals surface area contributed by atoms with Crippen LogP contribution in [0.2, 0.25) is 0 Å². The van der Waals surface area contributed by atoms with Crippen molar-refractivity contribution in [1.29, 1.82) is 0 Å². The van der Waals surface area contributed by atoms with Gasteiger partial charge in [-0.15, -0.1) is 0 Å². The van der Waals surface area contributed by atoms with Gasteiger partial charge < -0.3 is 9.73 Å². The first-order valence-corrected chi connectivity index (χ1v) is 6.94. The Hall–Kier alpha value is -0.850. The average Bonchev–Trinajstić information content (AvgIpc) is 2.69. The Kier molecular flexibility index (Phi) is 4.98. The van der Waals surface area contributed by atoms with Crippen molar-refractivity contribution in [3.63, 3.8) is 0 Å². The van der Waals surface area contributed by atoms with Gasteiger partial charge in [-0.25, -0.2) is 13.1 Å². The van der Waals surface area contributed by atoms with Crippen molar-refractivity contribution >= 4 is 10.0 Å². The zero-order chi connectivity index (χ0) is 12.0. The molecule has 1 atom stereocenters. The van der Waals surface area contributed by atoms with Crippen LogP contribution in [-0.4, -0.2) is 27.3 Å². The van der Waals surface area contributed by atoms with E-state index >= 15 is 0 Å². The molecule has 0 aliphatic carbocycles. The van der Waals surface area contributed by atoms with Gasteiger partial charge in [0.15, 0.2) is 0 Å². The second kappa shape index (κ2) is 6.03. The van der Waals surface area contributed by atoms with E-state index in [-0.39, 0.29) is 11.8 Å². The molecular weight excluding hydrogens is 228 g/mol. The van der Waals surface area contributed by atoms with Crippen molar-refractivity contribution in [1.82, 2.24) is 10.0 Å². The van der Waals surface area contributed by atoms with Crippen LogP contribution in [0.1, 0.15) is 25.6 Å². The summed E-state index contributed by atoms with van der Waals surface area (Å²) >= 11 is 0. The third-order valence-electron chi connectivity index (χ3n) is 2.16. The van der Waals surface area contributed by atoms with Crippen LogP contribution in [0, 0.1) is 0 Å². The minimum atomic E-state index is -3.14. The molecule has 0 aliphatic heterocycles. The third kappa shape index (κ3) is 4.34. The fraction of sp³-hybridized carbons (Fsp3) is 0.600. The van der Waals surface area contributed by atoms with Gasteiger partial charge >= 0.3 is 0 Å². The van der Waals surface area contributed by atoms with Gasteiger partial charge in [-0.05, 0) is 19.1 Å². The Morgan fingerprint density at radius 2 is 2.25 bits per heavy atom. The van der Waals surface area contributed by atoms with E-state index in [2.05, 4.69) is 10.0 Å². The molecule has 0 amide bonds. The highest BCUT2D eigenvalue weighted by Crippen LogP contribution is 2.11. The molecule has 0 saturated heterocycles. The summed E-state index contributed by atoms with van der Waals surface area (Å²) in [5.74, 6) is 0.882. The zero-order valence-corrected chi connectivity index (χ0v) is 10.4. The van der Waals surface area contributed by atoms with Crippen molar-refractivity contribution in [3.05, 3.63) is 24.2 Å². The lowest BCUT2D eigenvalue weighted by atomic mass is 10.2. The molecular formula is C10H18N2O3S. The summed E-state index contributed by atoms with van der Waals surface area (Å²) in [5, 5.41) is 3.09. The highest BCUT2D eigenvalue weighted by atomic mass is 32.2. The normalized spacial score (nSPS) is 13.9. The van der Waals surface area contributed by atoms with E-state index in [1.165, 1.54) is 0 Å². The van der Waals surface area contributed by atoms with E-state index in [0.29, 0.717) is 13.1 Å². The van der Waals surface area contributed by atoms with Gasteiger partial charge in [-0.2, -0.15) is 0 Å². The van der Waals surface area contributed by atoms with E-state index in [4.69, 9.17) is 4.42 Å². The maximum Gasteiger partial charge on any atom is 0.212 e.